The second-order valence-corrected chi connectivity index (χ2v) is 7.51. The minimum absolute atomic E-state index is 0.198. The molecule has 0 spiro atoms. The second-order valence-electron chi connectivity index (χ2n) is 4.99. The molecule has 9 heteroatoms. The largest absolute Gasteiger partial charge is 0.480 e. The standard InChI is InChI=1S/C16H9Cl2NO4S2/c17-8-1-3-11(18)10(5-8)12-4-2-9(23-12)6-13-15(22)19(7-14(20)21)16(24)25-13/h1-6H,7H2,(H,20,21). The zero-order valence-electron chi connectivity index (χ0n) is 12.4. The lowest BCUT2D eigenvalue weighted by molar-refractivity contribution is -0.140. The van der Waals surface area contributed by atoms with Crippen LogP contribution in [-0.2, 0) is 9.59 Å². The monoisotopic (exact) mass is 413 g/mol. The molecule has 5 nitrogen and oxygen atoms in total. The van der Waals surface area contributed by atoms with Gasteiger partial charge in [-0.05, 0) is 30.3 Å². The Hall–Kier alpha value is -1.80. The highest BCUT2D eigenvalue weighted by molar-refractivity contribution is 8.26. The molecule has 25 heavy (non-hydrogen) atoms. The summed E-state index contributed by atoms with van der Waals surface area (Å²) in [6, 6.07) is 8.40. The molecule has 1 aliphatic rings. The van der Waals surface area contributed by atoms with E-state index in [4.69, 9.17) is 44.9 Å². The highest BCUT2D eigenvalue weighted by atomic mass is 35.5. The Morgan fingerprint density at radius 3 is 2.80 bits per heavy atom. The Bertz CT molecular complexity index is 923. The van der Waals surface area contributed by atoms with Crippen molar-refractivity contribution in [3.05, 3.63) is 51.0 Å². The third kappa shape index (κ3) is 3.90. The summed E-state index contributed by atoms with van der Waals surface area (Å²) in [4.78, 5) is 24.4. The van der Waals surface area contributed by atoms with Gasteiger partial charge in [-0.2, -0.15) is 0 Å². The van der Waals surface area contributed by atoms with Gasteiger partial charge in [-0.15, -0.1) is 0 Å². The van der Waals surface area contributed by atoms with Crippen LogP contribution in [0.4, 0.5) is 0 Å². The van der Waals surface area contributed by atoms with Gasteiger partial charge < -0.3 is 9.52 Å². The molecule has 0 aliphatic carbocycles. The first-order chi connectivity index (χ1) is 11.8. The summed E-state index contributed by atoms with van der Waals surface area (Å²) in [5.74, 6) is -0.675. The Morgan fingerprint density at radius 2 is 2.08 bits per heavy atom. The van der Waals surface area contributed by atoms with Crippen molar-refractivity contribution < 1.29 is 19.1 Å². The number of thiocarbonyl (C=S) groups is 1. The maximum absolute atomic E-state index is 12.2. The van der Waals surface area contributed by atoms with E-state index >= 15 is 0 Å². The van der Waals surface area contributed by atoms with Gasteiger partial charge in [0.05, 0.1) is 9.93 Å². The van der Waals surface area contributed by atoms with Crippen molar-refractivity contribution in [2.45, 2.75) is 0 Å². The first kappa shape index (κ1) is 18.0. The number of hydrogen-bond donors (Lipinski definition) is 1. The topological polar surface area (TPSA) is 70.8 Å². The number of hydrogen-bond acceptors (Lipinski definition) is 5. The van der Waals surface area contributed by atoms with Crippen molar-refractivity contribution in [2.75, 3.05) is 6.54 Å². The summed E-state index contributed by atoms with van der Waals surface area (Å²) in [6.07, 6.45) is 1.52. The number of nitrogens with zero attached hydrogens (tertiary/aromatic N) is 1. The van der Waals surface area contributed by atoms with Gasteiger partial charge >= 0.3 is 5.97 Å². The van der Waals surface area contributed by atoms with E-state index in [0.717, 1.165) is 16.7 Å². The molecule has 1 fully saturated rings. The number of carbonyl (C=O) groups excluding carboxylic acids is 1. The zero-order chi connectivity index (χ0) is 18.1. The quantitative estimate of drug-likeness (QED) is 0.585. The SMILES string of the molecule is O=C(O)CN1C(=O)C(=Cc2ccc(-c3cc(Cl)ccc3Cl)o2)SC1=S. The molecule has 0 atom stereocenters. The van der Waals surface area contributed by atoms with Crippen LogP contribution >= 0.6 is 47.2 Å². The number of carboxylic acid groups (broad SMARTS) is 1. The van der Waals surface area contributed by atoms with E-state index in [9.17, 15) is 9.59 Å². The molecule has 3 rings (SSSR count). The summed E-state index contributed by atoms with van der Waals surface area (Å²) in [6.45, 7) is -0.469. The number of amides is 1. The summed E-state index contributed by atoms with van der Waals surface area (Å²) >= 11 is 18.2. The van der Waals surface area contributed by atoms with Crippen LogP contribution in [0.15, 0.2) is 39.7 Å². The van der Waals surface area contributed by atoms with Crippen LogP contribution in [-0.4, -0.2) is 32.7 Å². The predicted octanol–water partition coefficient (Wildman–Crippen LogP) is 4.54. The molecule has 0 unspecified atom stereocenters. The Morgan fingerprint density at radius 1 is 1.32 bits per heavy atom. The normalized spacial score (nSPS) is 16.1. The van der Waals surface area contributed by atoms with E-state index in [1.807, 2.05) is 0 Å². The molecule has 1 aromatic heterocycles. The number of furan rings is 1. The van der Waals surface area contributed by atoms with Crippen molar-refractivity contribution >= 4 is 69.5 Å². The van der Waals surface area contributed by atoms with Gasteiger partial charge in [0, 0.05) is 16.7 Å². The number of aliphatic carboxylic acids is 1. The van der Waals surface area contributed by atoms with Crippen molar-refractivity contribution in [2.24, 2.45) is 0 Å². The predicted molar refractivity (Wildman–Crippen MR) is 102 cm³/mol. The second kappa shape index (κ2) is 7.21. The number of halogens is 2. The fourth-order valence-electron chi connectivity index (χ4n) is 2.16. The molecule has 128 valence electrons. The van der Waals surface area contributed by atoms with E-state index < -0.39 is 18.4 Å². The summed E-state index contributed by atoms with van der Waals surface area (Å²) in [7, 11) is 0. The van der Waals surface area contributed by atoms with E-state index in [-0.39, 0.29) is 4.32 Å². The highest BCUT2D eigenvalue weighted by Gasteiger charge is 2.33. The molecular weight excluding hydrogens is 405 g/mol. The van der Waals surface area contributed by atoms with Crippen LogP contribution in [0.5, 0.6) is 0 Å². The lowest BCUT2D eigenvalue weighted by atomic mass is 10.2. The molecule has 0 radical (unpaired) electrons. The number of carboxylic acids is 1. The minimum Gasteiger partial charge on any atom is -0.480 e. The highest BCUT2D eigenvalue weighted by Crippen LogP contribution is 2.35. The third-order valence-electron chi connectivity index (χ3n) is 3.26. The van der Waals surface area contributed by atoms with Gasteiger partial charge in [-0.3, -0.25) is 14.5 Å². The molecule has 1 amide bonds. The van der Waals surface area contributed by atoms with Crippen molar-refractivity contribution in [3.63, 3.8) is 0 Å². The fourth-order valence-corrected chi connectivity index (χ4v) is 3.78. The van der Waals surface area contributed by atoms with Crippen LogP contribution in [0.1, 0.15) is 5.76 Å². The van der Waals surface area contributed by atoms with Gasteiger partial charge in [-0.25, -0.2) is 0 Å². The molecule has 0 bridgehead atoms. The summed E-state index contributed by atoms with van der Waals surface area (Å²) in [5.41, 5.74) is 0.632. The van der Waals surface area contributed by atoms with Gasteiger partial charge in [0.1, 0.15) is 22.4 Å². The van der Waals surface area contributed by atoms with E-state index in [1.54, 1.807) is 30.3 Å². The first-order valence-corrected chi connectivity index (χ1v) is 8.85. The van der Waals surface area contributed by atoms with Gasteiger partial charge in [0.25, 0.3) is 5.91 Å². The number of thioether (sulfide) groups is 1. The third-order valence-corrected chi connectivity index (χ3v) is 5.20. The first-order valence-electron chi connectivity index (χ1n) is 6.87. The van der Waals surface area contributed by atoms with Crippen LogP contribution in [0, 0.1) is 0 Å². The number of carbonyl (C=O) groups is 2. The van der Waals surface area contributed by atoms with Crippen LogP contribution in [0.2, 0.25) is 10.0 Å². The van der Waals surface area contributed by atoms with Crippen LogP contribution in [0.3, 0.4) is 0 Å². The molecule has 1 aliphatic heterocycles. The Labute approximate surface area is 162 Å². The van der Waals surface area contributed by atoms with Crippen molar-refractivity contribution in [1.82, 2.24) is 4.90 Å². The lowest BCUT2D eigenvalue weighted by Crippen LogP contribution is -2.33. The van der Waals surface area contributed by atoms with Crippen LogP contribution < -0.4 is 0 Å². The van der Waals surface area contributed by atoms with E-state index in [2.05, 4.69) is 0 Å². The summed E-state index contributed by atoms with van der Waals surface area (Å²) < 4.78 is 5.90. The minimum atomic E-state index is -1.13. The maximum atomic E-state index is 12.2. The number of rotatable bonds is 4. The van der Waals surface area contributed by atoms with Crippen molar-refractivity contribution in [1.29, 1.82) is 0 Å². The summed E-state index contributed by atoms with van der Waals surface area (Å²) in [5, 5.41) is 9.84. The Balaban J connectivity index is 1.87. The zero-order valence-corrected chi connectivity index (χ0v) is 15.5. The molecule has 1 aromatic carbocycles. The molecule has 2 aromatic rings. The van der Waals surface area contributed by atoms with Gasteiger partial charge in [0.15, 0.2) is 0 Å². The average molecular weight is 414 g/mol. The fraction of sp³-hybridized carbons (Fsp3) is 0.0625. The molecule has 1 N–H and O–H groups in total. The van der Waals surface area contributed by atoms with E-state index in [0.29, 0.717) is 32.0 Å². The number of benzene rings is 1. The Kier molecular flexibility index (Phi) is 5.19. The lowest BCUT2D eigenvalue weighted by Gasteiger charge is -2.09. The molecule has 0 saturated carbocycles. The van der Waals surface area contributed by atoms with Gasteiger partial charge in [0.2, 0.25) is 0 Å². The smallest absolute Gasteiger partial charge is 0.323 e. The van der Waals surface area contributed by atoms with Gasteiger partial charge in [-0.1, -0.05) is 47.2 Å². The van der Waals surface area contributed by atoms with E-state index in [1.165, 1.54) is 6.08 Å². The van der Waals surface area contributed by atoms with Crippen LogP contribution in [0.25, 0.3) is 17.4 Å². The molecule has 1 saturated heterocycles. The average Bonchev–Trinajstić information content (AvgIpc) is 3.10. The maximum Gasteiger partial charge on any atom is 0.323 e. The molecular formula is C16H9Cl2NO4S2. The van der Waals surface area contributed by atoms with Crippen molar-refractivity contribution in [3.8, 4) is 11.3 Å². The molecule has 2 heterocycles.